The molecular weight excluding hydrogens is 274 g/mol. The Hall–Kier alpha value is -0.650. The van der Waals surface area contributed by atoms with Crippen LogP contribution in [0.2, 0.25) is 0 Å². The van der Waals surface area contributed by atoms with Gasteiger partial charge in [0.25, 0.3) is 0 Å². The van der Waals surface area contributed by atoms with Gasteiger partial charge in [0.15, 0.2) is 6.29 Å². The van der Waals surface area contributed by atoms with Gasteiger partial charge >= 0.3 is 0 Å². The second kappa shape index (κ2) is 3.84. The van der Waals surface area contributed by atoms with E-state index in [2.05, 4.69) is 0 Å². The Morgan fingerprint density at radius 3 is 2.75 bits per heavy atom. The van der Waals surface area contributed by atoms with Crippen molar-refractivity contribution < 1.29 is 13.9 Å². The van der Waals surface area contributed by atoms with Crippen molar-refractivity contribution in [2.75, 3.05) is 7.11 Å². The molecule has 0 saturated heterocycles. The molecule has 0 aliphatic carbocycles. The van der Waals surface area contributed by atoms with Gasteiger partial charge in [0.2, 0.25) is 0 Å². The summed E-state index contributed by atoms with van der Waals surface area (Å²) in [5, 5.41) is 0. The number of aldehydes is 1. The number of hydrogen-bond donors (Lipinski definition) is 0. The highest BCUT2D eigenvalue weighted by Crippen LogP contribution is 2.25. The van der Waals surface area contributed by atoms with Crippen LogP contribution in [0, 0.1) is 9.39 Å². The number of carbonyl (C=O) groups excluding carboxylic acids is 1. The molecule has 0 unspecified atom stereocenters. The van der Waals surface area contributed by atoms with Gasteiger partial charge in [-0.2, -0.15) is 0 Å². The minimum absolute atomic E-state index is 0.238. The maximum atomic E-state index is 12.7. The predicted molar refractivity (Wildman–Crippen MR) is 51.1 cm³/mol. The number of carbonyl (C=O) groups is 1. The van der Waals surface area contributed by atoms with Crippen LogP contribution < -0.4 is 4.74 Å². The molecule has 12 heavy (non-hydrogen) atoms. The Balaban J connectivity index is 3.33. The summed E-state index contributed by atoms with van der Waals surface area (Å²) in [5.41, 5.74) is 0.238. The molecule has 0 spiro atoms. The summed E-state index contributed by atoms with van der Waals surface area (Å²) in [6.07, 6.45) is 0.573. The van der Waals surface area contributed by atoms with E-state index in [0.717, 1.165) is 6.07 Å². The molecule has 1 aromatic carbocycles. The third-order valence-corrected chi connectivity index (χ3v) is 2.17. The van der Waals surface area contributed by atoms with Crippen molar-refractivity contribution >= 4 is 28.9 Å². The van der Waals surface area contributed by atoms with Crippen LogP contribution in [0.1, 0.15) is 10.4 Å². The van der Waals surface area contributed by atoms with Gasteiger partial charge in [-0.1, -0.05) is 0 Å². The molecule has 0 heterocycles. The van der Waals surface area contributed by atoms with E-state index in [1.165, 1.54) is 13.2 Å². The smallest absolute Gasteiger partial charge is 0.153 e. The molecule has 0 saturated carbocycles. The van der Waals surface area contributed by atoms with Crippen molar-refractivity contribution in [3.05, 3.63) is 27.1 Å². The van der Waals surface area contributed by atoms with E-state index in [1.54, 1.807) is 0 Å². The van der Waals surface area contributed by atoms with Crippen LogP contribution in [-0.4, -0.2) is 13.4 Å². The minimum atomic E-state index is -0.428. The average molecular weight is 280 g/mol. The highest BCUT2D eigenvalue weighted by molar-refractivity contribution is 14.1. The zero-order valence-corrected chi connectivity index (χ0v) is 8.46. The van der Waals surface area contributed by atoms with Crippen molar-refractivity contribution in [2.45, 2.75) is 0 Å². The van der Waals surface area contributed by atoms with Gasteiger partial charge in [-0.25, -0.2) is 4.39 Å². The minimum Gasteiger partial charge on any atom is -0.495 e. The Bertz CT molecular complexity index is 312. The molecular formula is C8H6FIO2. The maximum Gasteiger partial charge on any atom is 0.153 e. The van der Waals surface area contributed by atoms with Crippen molar-refractivity contribution in [2.24, 2.45) is 0 Å². The zero-order chi connectivity index (χ0) is 9.14. The first kappa shape index (κ1) is 9.44. The van der Waals surface area contributed by atoms with Crippen molar-refractivity contribution in [1.82, 2.24) is 0 Å². The first-order valence-electron chi connectivity index (χ1n) is 3.17. The average Bonchev–Trinajstić information content (AvgIpc) is 2.03. The molecule has 0 bridgehead atoms. The molecule has 0 atom stereocenters. The van der Waals surface area contributed by atoms with Gasteiger partial charge in [0, 0.05) is 0 Å². The predicted octanol–water partition coefficient (Wildman–Crippen LogP) is 2.25. The Kier molecular flexibility index (Phi) is 3.02. The summed E-state index contributed by atoms with van der Waals surface area (Å²) < 4.78 is 18.2. The number of rotatable bonds is 2. The topological polar surface area (TPSA) is 26.3 Å². The highest BCUT2D eigenvalue weighted by atomic mass is 127. The molecule has 0 amide bonds. The van der Waals surface area contributed by atoms with Crippen LogP contribution in [0.4, 0.5) is 4.39 Å². The standard InChI is InChI=1S/C8H6FIO2/c1-12-8-5(4-11)2-6(9)3-7(8)10/h2-4H,1H3. The largest absolute Gasteiger partial charge is 0.495 e. The van der Waals surface area contributed by atoms with Gasteiger partial charge in [0.1, 0.15) is 11.6 Å². The van der Waals surface area contributed by atoms with Crippen LogP contribution >= 0.6 is 22.6 Å². The zero-order valence-electron chi connectivity index (χ0n) is 6.30. The molecule has 64 valence electrons. The molecule has 1 rings (SSSR count). The van der Waals surface area contributed by atoms with Gasteiger partial charge in [0.05, 0.1) is 16.2 Å². The molecule has 0 radical (unpaired) electrons. The Morgan fingerprint density at radius 1 is 1.58 bits per heavy atom. The fourth-order valence-corrected chi connectivity index (χ4v) is 1.71. The summed E-state index contributed by atoms with van der Waals surface area (Å²) >= 11 is 1.91. The lowest BCUT2D eigenvalue weighted by Gasteiger charge is -2.05. The van der Waals surface area contributed by atoms with Gasteiger partial charge in [-0.3, -0.25) is 4.79 Å². The summed E-state index contributed by atoms with van der Waals surface area (Å²) in [6, 6.07) is 2.46. The molecule has 1 aromatic rings. The van der Waals surface area contributed by atoms with E-state index in [9.17, 15) is 9.18 Å². The van der Waals surface area contributed by atoms with E-state index in [4.69, 9.17) is 4.74 Å². The summed E-state index contributed by atoms with van der Waals surface area (Å²) in [6.45, 7) is 0. The van der Waals surface area contributed by atoms with E-state index in [0.29, 0.717) is 15.6 Å². The van der Waals surface area contributed by atoms with Gasteiger partial charge in [-0.15, -0.1) is 0 Å². The van der Waals surface area contributed by atoms with Crippen molar-refractivity contribution in [3.8, 4) is 5.75 Å². The van der Waals surface area contributed by atoms with E-state index in [-0.39, 0.29) is 5.56 Å². The first-order chi connectivity index (χ1) is 5.69. The second-order valence-corrected chi connectivity index (χ2v) is 3.29. The highest BCUT2D eigenvalue weighted by Gasteiger charge is 2.08. The normalized spacial score (nSPS) is 9.58. The summed E-state index contributed by atoms with van der Waals surface area (Å²) in [7, 11) is 1.45. The molecule has 0 aliphatic rings. The molecule has 0 aliphatic heterocycles. The van der Waals surface area contributed by atoms with Gasteiger partial charge < -0.3 is 4.74 Å². The number of benzene rings is 1. The van der Waals surface area contributed by atoms with Crippen LogP contribution in [-0.2, 0) is 0 Å². The molecule has 2 nitrogen and oxygen atoms in total. The van der Waals surface area contributed by atoms with Crippen LogP contribution in [0.3, 0.4) is 0 Å². The van der Waals surface area contributed by atoms with E-state index in [1.807, 2.05) is 22.6 Å². The fourth-order valence-electron chi connectivity index (χ4n) is 0.883. The van der Waals surface area contributed by atoms with Crippen molar-refractivity contribution in [3.63, 3.8) is 0 Å². The third-order valence-electron chi connectivity index (χ3n) is 1.37. The molecule has 0 fully saturated rings. The van der Waals surface area contributed by atoms with Crippen molar-refractivity contribution in [1.29, 1.82) is 0 Å². The van der Waals surface area contributed by atoms with Crippen LogP contribution in [0.25, 0.3) is 0 Å². The SMILES string of the molecule is COc1c(I)cc(F)cc1C=O. The number of halogens is 2. The summed E-state index contributed by atoms with van der Waals surface area (Å²) in [5.74, 6) is -0.00528. The fraction of sp³-hybridized carbons (Fsp3) is 0.125. The van der Waals surface area contributed by atoms with Crippen LogP contribution in [0.15, 0.2) is 12.1 Å². The van der Waals surface area contributed by atoms with Crippen LogP contribution in [0.5, 0.6) is 5.75 Å². The Labute approximate surface area is 82.9 Å². The van der Waals surface area contributed by atoms with E-state index >= 15 is 0 Å². The van der Waals surface area contributed by atoms with E-state index < -0.39 is 5.82 Å². The number of ether oxygens (including phenoxy) is 1. The number of hydrogen-bond acceptors (Lipinski definition) is 2. The second-order valence-electron chi connectivity index (χ2n) is 2.13. The lowest BCUT2D eigenvalue weighted by molar-refractivity contribution is 0.112. The molecule has 0 N–H and O–H groups in total. The monoisotopic (exact) mass is 280 g/mol. The third kappa shape index (κ3) is 1.74. The first-order valence-corrected chi connectivity index (χ1v) is 4.25. The lowest BCUT2D eigenvalue weighted by Crippen LogP contribution is -1.94. The maximum absolute atomic E-state index is 12.7. The summed E-state index contributed by atoms with van der Waals surface area (Å²) in [4.78, 5) is 10.4. The Morgan fingerprint density at radius 2 is 2.25 bits per heavy atom. The lowest BCUT2D eigenvalue weighted by atomic mass is 10.2. The van der Waals surface area contributed by atoms with Gasteiger partial charge in [-0.05, 0) is 34.7 Å². The number of methoxy groups -OCH3 is 1. The quantitative estimate of drug-likeness (QED) is 0.613. The molecule has 4 heteroatoms. The molecule has 0 aromatic heterocycles.